The third kappa shape index (κ3) is 4.27. The Morgan fingerprint density at radius 2 is 2.08 bits per heavy atom. The fourth-order valence-electron chi connectivity index (χ4n) is 3.62. The van der Waals surface area contributed by atoms with E-state index in [4.69, 9.17) is 16.3 Å². The molecule has 0 bridgehead atoms. The zero-order chi connectivity index (χ0) is 18.7. The van der Waals surface area contributed by atoms with Crippen molar-refractivity contribution in [3.05, 3.63) is 34.6 Å². The van der Waals surface area contributed by atoms with Gasteiger partial charge in [0, 0.05) is 30.6 Å². The minimum Gasteiger partial charge on any atom is -0.407 e. The molecule has 142 valence electrons. The summed E-state index contributed by atoms with van der Waals surface area (Å²) >= 11 is 5.76. The molecule has 1 saturated carbocycles. The third-order valence-electron chi connectivity index (χ3n) is 4.92. The molecule has 2 fully saturated rings. The number of carbonyl (C=O) groups is 2. The van der Waals surface area contributed by atoms with Crippen molar-refractivity contribution in [3.8, 4) is 0 Å². The number of ether oxygens (including phenoxy) is 1. The molecule has 1 heterocycles. The van der Waals surface area contributed by atoms with Gasteiger partial charge in [0.25, 0.3) is 11.7 Å². The van der Waals surface area contributed by atoms with E-state index in [1.165, 1.54) is 12.1 Å². The van der Waals surface area contributed by atoms with Crippen molar-refractivity contribution in [2.75, 3.05) is 6.54 Å². The van der Waals surface area contributed by atoms with Crippen molar-refractivity contribution in [3.63, 3.8) is 0 Å². The molecule has 0 radical (unpaired) electrons. The molecule has 1 aromatic rings. The van der Waals surface area contributed by atoms with E-state index in [0.717, 1.165) is 38.2 Å². The summed E-state index contributed by atoms with van der Waals surface area (Å²) in [4.78, 5) is 26.1. The summed E-state index contributed by atoms with van der Waals surface area (Å²) in [5.74, 6) is -3.22. The molecule has 2 aliphatic rings. The lowest BCUT2D eigenvalue weighted by Gasteiger charge is -2.31. The molecule has 1 atom stereocenters. The van der Waals surface area contributed by atoms with E-state index < -0.39 is 23.6 Å². The molecule has 3 rings (SSSR count). The van der Waals surface area contributed by atoms with Crippen LogP contribution in [0.2, 0.25) is 5.02 Å². The number of halogens is 2. The molecule has 2 amide bonds. The number of nitrogens with one attached hydrogen (secondary N) is 1. The van der Waals surface area contributed by atoms with Gasteiger partial charge < -0.3 is 20.1 Å². The molecule has 0 unspecified atom stereocenters. The lowest BCUT2D eigenvalue weighted by molar-refractivity contribution is -0.183. The van der Waals surface area contributed by atoms with E-state index in [1.807, 2.05) is 0 Å². The average Bonchev–Trinajstić information content (AvgIpc) is 2.88. The highest BCUT2D eigenvalue weighted by Crippen LogP contribution is 2.31. The van der Waals surface area contributed by atoms with Gasteiger partial charge in [0.1, 0.15) is 5.82 Å². The number of aliphatic hydroxyl groups is 1. The maximum absolute atomic E-state index is 13.3. The largest absolute Gasteiger partial charge is 0.410 e. The number of hydrogen-bond acceptors (Lipinski definition) is 4. The first-order chi connectivity index (χ1) is 12.4. The maximum Gasteiger partial charge on any atom is 0.410 e. The highest BCUT2D eigenvalue weighted by molar-refractivity contribution is 6.30. The zero-order valence-electron chi connectivity index (χ0n) is 14.3. The normalized spacial score (nSPS) is 24.0. The second-order valence-electron chi connectivity index (χ2n) is 6.85. The van der Waals surface area contributed by atoms with Crippen LogP contribution in [-0.2, 0) is 16.1 Å². The van der Waals surface area contributed by atoms with Crippen LogP contribution in [0.3, 0.4) is 0 Å². The summed E-state index contributed by atoms with van der Waals surface area (Å²) < 4.78 is 18.3. The summed E-state index contributed by atoms with van der Waals surface area (Å²) in [5.41, 5.74) is 0.445. The minimum absolute atomic E-state index is 0.0348. The summed E-state index contributed by atoms with van der Waals surface area (Å²) in [6, 6.07) is 3.99. The van der Waals surface area contributed by atoms with Gasteiger partial charge in [-0.15, -0.1) is 0 Å². The van der Waals surface area contributed by atoms with Crippen LogP contribution in [0.15, 0.2) is 18.2 Å². The van der Waals surface area contributed by atoms with Gasteiger partial charge >= 0.3 is 6.09 Å². The SMILES string of the molecule is O=C(NCc1cc(F)cc(Cl)c1)O[C@]1(O)CCN(C2CCCCC2)C1=O. The van der Waals surface area contributed by atoms with Gasteiger partial charge in [0.2, 0.25) is 0 Å². The van der Waals surface area contributed by atoms with E-state index in [1.54, 1.807) is 4.90 Å². The van der Waals surface area contributed by atoms with Crippen molar-refractivity contribution in [2.45, 2.75) is 56.9 Å². The predicted octanol–water partition coefficient (Wildman–Crippen LogP) is 2.96. The molecule has 0 aromatic heterocycles. The number of nitrogens with zero attached hydrogens (tertiary/aromatic N) is 1. The van der Waals surface area contributed by atoms with Crippen LogP contribution in [0.25, 0.3) is 0 Å². The Bertz CT molecular complexity index is 676. The van der Waals surface area contributed by atoms with Crippen molar-refractivity contribution >= 4 is 23.6 Å². The monoisotopic (exact) mass is 384 g/mol. The third-order valence-corrected chi connectivity index (χ3v) is 5.14. The molecule has 0 spiro atoms. The smallest absolute Gasteiger partial charge is 0.407 e. The Morgan fingerprint density at radius 3 is 2.77 bits per heavy atom. The summed E-state index contributed by atoms with van der Waals surface area (Å²) in [5, 5.41) is 13.1. The number of rotatable bonds is 4. The molecule has 2 N–H and O–H groups in total. The van der Waals surface area contributed by atoms with Crippen molar-refractivity contribution in [1.82, 2.24) is 10.2 Å². The topological polar surface area (TPSA) is 78.9 Å². The first kappa shape index (κ1) is 18.9. The fourth-order valence-corrected chi connectivity index (χ4v) is 3.86. The van der Waals surface area contributed by atoms with E-state index in [-0.39, 0.29) is 24.0 Å². The Kier molecular flexibility index (Phi) is 5.67. The van der Waals surface area contributed by atoms with Crippen molar-refractivity contribution in [1.29, 1.82) is 0 Å². The Morgan fingerprint density at radius 1 is 1.35 bits per heavy atom. The van der Waals surface area contributed by atoms with Gasteiger partial charge in [0.05, 0.1) is 0 Å². The van der Waals surface area contributed by atoms with E-state index >= 15 is 0 Å². The van der Waals surface area contributed by atoms with Crippen LogP contribution in [0.1, 0.15) is 44.1 Å². The number of benzene rings is 1. The van der Waals surface area contributed by atoms with Crippen LogP contribution in [0, 0.1) is 5.82 Å². The van der Waals surface area contributed by atoms with Crippen molar-refractivity contribution in [2.24, 2.45) is 0 Å². The quantitative estimate of drug-likeness (QED) is 0.782. The summed E-state index contributed by atoms with van der Waals surface area (Å²) in [7, 11) is 0. The second kappa shape index (κ2) is 7.80. The van der Waals surface area contributed by atoms with E-state index in [2.05, 4.69) is 5.32 Å². The first-order valence-corrected chi connectivity index (χ1v) is 9.20. The standard InChI is InChI=1S/C18H22ClFN2O4/c19-13-8-12(9-14(20)10-13)11-21-17(24)26-18(25)6-7-22(16(18)23)15-4-2-1-3-5-15/h8-10,15,25H,1-7,11H2,(H,21,24)/t18-/m1/s1. The highest BCUT2D eigenvalue weighted by Gasteiger charge is 2.50. The summed E-state index contributed by atoms with van der Waals surface area (Å²) in [6.07, 6.45) is 4.21. The molecule has 6 nitrogen and oxygen atoms in total. The number of alkyl carbamates (subject to hydrolysis) is 1. The highest BCUT2D eigenvalue weighted by atomic mass is 35.5. The predicted molar refractivity (Wildman–Crippen MR) is 92.9 cm³/mol. The number of carbonyl (C=O) groups excluding carboxylic acids is 2. The van der Waals surface area contributed by atoms with Crippen LogP contribution in [-0.4, -0.2) is 40.4 Å². The molecule has 1 aromatic carbocycles. The molecule has 1 saturated heterocycles. The number of hydrogen-bond donors (Lipinski definition) is 2. The van der Waals surface area contributed by atoms with Gasteiger partial charge in [-0.1, -0.05) is 30.9 Å². The van der Waals surface area contributed by atoms with Gasteiger partial charge in [-0.25, -0.2) is 9.18 Å². The van der Waals surface area contributed by atoms with Crippen LogP contribution >= 0.6 is 11.6 Å². The molecule has 1 aliphatic carbocycles. The Hall–Kier alpha value is -1.86. The number of amides is 2. The second-order valence-corrected chi connectivity index (χ2v) is 7.28. The van der Waals surface area contributed by atoms with Crippen molar-refractivity contribution < 1.29 is 23.8 Å². The van der Waals surface area contributed by atoms with Gasteiger partial charge in [-0.05, 0) is 36.6 Å². The van der Waals surface area contributed by atoms with E-state index in [9.17, 15) is 19.1 Å². The zero-order valence-corrected chi connectivity index (χ0v) is 15.1. The van der Waals surface area contributed by atoms with E-state index in [0.29, 0.717) is 12.1 Å². The molecular formula is C18H22ClFN2O4. The van der Waals surface area contributed by atoms with Crippen LogP contribution in [0.5, 0.6) is 0 Å². The lowest BCUT2D eigenvalue weighted by atomic mass is 9.94. The van der Waals surface area contributed by atoms with Gasteiger partial charge in [-0.3, -0.25) is 4.79 Å². The fraction of sp³-hybridized carbons (Fsp3) is 0.556. The minimum atomic E-state index is -2.14. The summed E-state index contributed by atoms with van der Waals surface area (Å²) in [6.45, 7) is 0.333. The molecule has 26 heavy (non-hydrogen) atoms. The number of likely N-dealkylation sites (tertiary alicyclic amines) is 1. The molecule has 8 heteroatoms. The maximum atomic E-state index is 13.3. The molecular weight excluding hydrogens is 363 g/mol. The Balaban J connectivity index is 1.55. The van der Waals surface area contributed by atoms with Gasteiger partial charge in [-0.2, -0.15) is 0 Å². The Labute approximate surface area is 156 Å². The average molecular weight is 385 g/mol. The van der Waals surface area contributed by atoms with Crippen LogP contribution in [0.4, 0.5) is 9.18 Å². The lowest BCUT2D eigenvalue weighted by Crippen LogP contribution is -2.48. The van der Waals surface area contributed by atoms with Crippen LogP contribution < -0.4 is 5.32 Å². The molecule has 1 aliphatic heterocycles. The first-order valence-electron chi connectivity index (χ1n) is 8.83. The van der Waals surface area contributed by atoms with Gasteiger partial charge in [0.15, 0.2) is 0 Å².